The van der Waals surface area contributed by atoms with Gasteiger partial charge in [0.15, 0.2) is 0 Å². The Hall–Kier alpha value is -1.55. The number of aryl methyl sites for hydroxylation is 1. The minimum atomic E-state index is -0.920. The van der Waals surface area contributed by atoms with Gasteiger partial charge in [0.25, 0.3) is 0 Å². The van der Waals surface area contributed by atoms with Crippen molar-refractivity contribution in [3.8, 4) is 5.75 Å². The number of hydrogen-bond donors (Lipinski definition) is 1. The smallest absolute Gasteiger partial charge is 0.335 e. The fourth-order valence-electron chi connectivity index (χ4n) is 1.38. The quantitative estimate of drug-likeness (QED) is 0.817. The van der Waals surface area contributed by atoms with Crippen LogP contribution in [0, 0.1) is 6.92 Å². The van der Waals surface area contributed by atoms with Gasteiger partial charge in [0.2, 0.25) is 0 Å². The van der Waals surface area contributed by atoms with Crippen LogP contribution in [0.4, 0.5) is 0 Å². The van der Waals surface area contributed by atoms with Gasteiger partial charge in [-0.2, -0.15) is 0 Å². The molecule has 0 aromatic heterocycles. The van der Waals surface area contributed by atoms with Crippen LogP contribution in [0.2, 0.25) is 0 Å². The van der Waals surface area contributed by atoms with Crippen LogP contribution in [-0.2, 0) is 4.74 Å². The molecule has 0 amide bonds. The van der Waals surface area contributed by atoms with Crippen LogP contribution >= 0.6 is 0 Å². The van der Waals surface area contributed by atoms with E-state index >= 15 is 0 Å². The van der Waals surface area contributed by atoms with Crippen molar-refractivity contribution in [1.29, 1.82) is 0 Å². The van der Waals surface area contributed by atoms with E-state index in [1.807, 2.05) is 6.92 Å². The molecule has 0 bridgehead atoms. The molecule has 1 saturated heterocycles. The Morgan fingerprint density at radius 2 is 2.27 bits per heavy atom. The van der Waals surface area contributed by atoms with Gasteiger partial charge in [-0.25, -0.2) is 4.79 Å². The van der Waals surface area contributed by atoms with Gasteiger partial charge >= 0.3 is 5.97 Å². The second kappa shape index (κ2) is 3.90. The topological polar surface area (TPSA) is 55.8 Å². The molecule has 1 fully saturated rings. The van der Waals surface area contributed by atoms with Crippen LogP contribution in [0.3, 0.4) is 0 Å². The van der Waals surface area contributed by atoms with Crippen LogP contribution < -0.4 is 4.74 Å². The van der Waals surface area contributed by atoms with E-state index in [-0.39, 0.29) is 11.7 Å². The number of carboxylic acid groups (broad SMARTS) is 1. The minimum absolute atomic E-state index is 0.111. The monoisotopic (exact) mass is 208 g/mol. The standard InChI is InChI=1S/C11H12O4/c1-7-4-8(11(12)13)2-3-10(7)15-9-5-14-6-9/h2-4,9H,5-6H2,1H3,(H,12,13). The average Bonchev–Trinajstić information content (AvgIpc) is 2.12. The zero-order valence-electron chi connectivity index (χ0n) is 8.40. The van der Waals surface area contributed by atoms with E-state index in [0.29, 0.717) is 13.2 Å². The van der Waals surface area contributed by atoms with Crippen LogP contribution in [0.1, 0.15) is 15.9 Å². The molecule has 1 heterocycles. The molecule has 4 nitrogen and oxygen atoms in total. The van der Waals surface area contributed by atoms with Gasteiger partial charge in [-0.3, -0.25) is 0 Å². The van der Waals surface area contributed by atoms with Crippen molar-refractivity contribution in [1.82, 2.24) is 0 Å². The van der Waals surface area contributed by atoms with Crippen LogP contribution in [0.25, 0.3) is 0 Å². The van der Waals surface area contributed by atoms with Gasteiger partial charge < -0.3 is 14.6 Å². The summed E-state index contributed by atoms with van der Waals surface area (Å²) in [6.07, 6.45) is 0.111. The lowest BCUT2D eigenvalue weighted by molar-refractivity contribution is -0.0799. The Kier molecular flexibility index (Phi) is 2.60. The lowest BCUT2D eigenvalue weighted by Crippen LogP contribution is -2.38. The number of rotatable bonds is 3. The molecule has 1 aromatic carbocycles. The van der Waals surface area contributed by atoms with Crippen molar-refractivity contribution < 1.29 is 19.4 Å². The predicted molar refractivity (Wildman–Crippen MR) is 53.4 cm³/mol. The minimum Gasteiger partial charge on any atom is -0.485 e. The summed E-state index contributed by atoms with van der Waals surface area (Å²) in [6.45, 7) is 3.06. The normalized spacial score (nSPS) is 15.8. The highest BCUT2D eigenvalue weighted by molar-refractivity contribution is 5.88. The Balaban J connectivity index is 2.14. The zero-order valence-corrected chi connectivity index (χ0v) is 8.40. The summed E-state index contributed by atoms with van der Waals surface area (Å²) in [4.78, 5) is 10.7. The van der Waals surface area contributed by atoms with Gasteiger partial charge in [-0.1, -0.05) is 0 Å². The fraction of sp³-hybridized carbons (Fsp3) is 0.364. The Morgan fingerprint density at radius 1 is 1.53 bits per heavy atom. The predicted octanol–water partition coefficient (Wildman–Crippen LogP) is 1.47. The number of carboxylic acids is 1. The molecule has 4 heteroatoms. The van der Waals surface area contributed by atoms with E-state index in [9.17, 15) is 4.79 Å². The van der Waals surface area contributed by atoms with E-state index in [0.717, 1.165) is 11.3 Å². The van der Waals surface area contributed by atoms with Crippen LogP contribution in [0.15, 0.2) is 18.2 Å². The Labute approximate surface area is 87.4 Å². The fourth-order valence-corrected chi connectivity index (χ4v) is 1.38. The van der Waals surface area contributed by atoms with E-state index in [2.05, 4.69) is 0 Å². The molecule has 80 valence electrons. The summed E-state index contributed by atoms with van der Waals surface area (Å²) >= 11 is 0. The second-order valence-electron chi connectivity index (χ2n) is 3.56. The van der Waals surface area contributed by atoms with Crippen molar-refractivity contribution >= 4 is 5.97 Å². The summed E-state index contributed by atoms with van der Waals surface area (Å²) in [5.74, 6) is -0.190. The first-order valence-electron chi connectivity index (χ1n) is 4.75. The third kappa shape index (κ3) is 2.10. The van der Waals surface area contributed by atoms with Gasteiger partial charge in [-0.15, -0.1) is 0 Å². The molecule has 0 atom stereocenters. The van der Waals surface area contributed by atoms with Gasteiger partial charge in [0, 0.05) is 0 Å². The molecule has 0 radical (unpaired) electrons. The highest BCUT2D eigenvalue weighted by Crippen LogP contribution is 2.22. The number of aromatic carboxylic acids is 1. The largest absolute Gasteiger partial charge is 0.485 e. The Bertz CT molecular complexity index is 382. The summed E-state index contributed by atoms with van der Waals surface area (Å²) < 4.78 is 10.6. The SMILES string of the molecule is Cc1cc(C(=O)O)ccc1OC1COC1. The molecule has 15 heavy (non-hydrogen) atoms. The molecule has 0 aliphatic carbocycles. The first-order valence-corrected chi connectivity index (χ1v) is 4.75. The van der Waals surface area contributed by atoms with Crippen molar-refractivity contribution in [2.45, 2.75) is 13.0 Å². The molecule has 0 spiro atoms. The molecule has 1 aliphatic rings. The van der Waals surface area contributed by atoms with Crippen molar-refractivity contribution in [2.75, 3.05) is 13.2 Å². The maximum Gasteiger partial charge on any atom is 0.335 e. The first-order chi connectivity index (χ1) is 7.16. The highest BCUT2D eigenvalue weighted by atomic mass is 16.6. The summed E-state index contributed by atoms with van der Waals surface area (Å²) in [7, 11) is 0. The zero-order chi connectivity index (χ0) is 10.8. The van der Waals surface area contributed by atoms with E-state index in [1.54, 1.807) is 18.2 Å². The molecule has 1 aromatic rings. The molecule has 0 saturated carbocycles. The molecule has 2 rings (SSSR count). The van der Waals surface area contributed by atoms with E-state index in [1.165, 1.54) is 0 Å². The van der Waals surface area contributed by atoms with Crippen LogP contribution in [0.5, 0.6) is 5.75 Å². The third-order valence-corrected chi connectivity index (χ3v) is 2.32. The second-order valence-corrected chi connectivity index (χ2v) is 3.56. The third-order valence-electron chi connectivity index (χ3n) is 2.32. The highest BCUT2D eigenvalue weighted by Gasteiger charge is 2.20. The van der Waals surface area contributed by atoms with Crippen LogP contribution in [-0.4, -0.2) is 30.4 Å². The molecule has 1 aliphatic heterocycles. The molecule has 1 N–H and O–H groups in total. The van der Waals surface area contributed by atoms with Gasteiger partial charge in [0.05, 0.1) is 18.8 Å². The van der Waals surface area contributed by atoms with Gasteiger partial charge in [-0.05, 0) is 30.7 Å². The van der Waals surface area contributed by atoms with Crippen molar-refractivity contribution in [3.05, 3.63) is 29.3 Å². The average molecular weight is 208 g/mol. The first kappa shape index (κ1) is 9.98. The number of ether oxygens (including phenoxy) is 2. The lowest BCUT2D eigenvalue weighted by Gasteiger charge is -2.27. The summed E-state index contributed by atoms with van der Waals surface area (Å²) in [5, 5.41) is 8.78. The molecular weight excluding hydrogens is 196 g/mol. The number of benzene rings is 1. The van der Waals surface area contributed by atoms with Gasteiger partial charge in [0.1, 0.15) is 11.9 Å². The Morgan fingerprint density at radius 3 is 2.73 bits per heavy atom. The van der Waals surface area contributed by atoms with E-state index in [4.69, 9.17) is 14.6 Å². The molecule has 0 unspecified atom stereocenters. The number of hydrogen-bond acceptors (Lipinski definition) is 3. The maximum atomic E-state index is 10.7. The van der Waals surface area contributed by atoms with Crippen molar-refractivity contribution in [2.24, 2.45) is 0 Å². The molecular formula is C11H12O4. The summed E-state index contributed by atoms with van der Waals surface area (Å²) in [6, 6.07) is 4.85. The maximum absolute atomic E-state index is 10.7. The summed E-state index contributed by atoms with van der Waals surface area (Å²) in [5.41, 5.74) is 1.12. The number of carbonyl (C=O) groups is 1. The van der Waals surface area contributed by atoms with Crippen molar-refractivity contribution in [3.63, 3.8) is 0 Å². The van der Waals surface area contributed by atoms with E-state index < -0.39 is 5.97 Å². The lowest BCUT2D eigenvalue weighted by atomic mass is 10.1.